The fraction of sp³-hybridized carbons (Fsp3) is 0.500. The number of nitrogens with zero attached hydrogens (tertiary/aromatic N) is 1. The molecular weight excluding hydrogens is 358 g/mol. The van der Waals surface area contributed by atoms with Gasteiger partial charge in [0.05, 0.1) is 17.4 Å². The van der Waals surface area contributed by atoms with Gasteiger partial charge in [-0.15, -0.1) is 0 Å². The van der Waals surface area contributed by atoms with E-state index in [1.54, 1.807) is 31.2 Å². The van der Waals surface area contributed by atoms with Crippen LogP contribution < -0.4 is 0 Å². The highest BCUT2D eigenvalue weighted by molar-refractivity contribution is 9.10. The second-order valence-corrected chi connectivity index (χ2v) is 7.76. The molecule has 0 bridgehead atoms. The van der Waals surface area contributed by atoms with Gasteiger partial charge in [-0.25, -0.2) is 8.42 Å². The molecule has 0 unspecified atom stereocenters. The van der Waals surface area contributed by atoms with E-state index in [1.807, 2.05) is 0 Å². The number of hydrogen-bond acceptors (Lipinski definition) is 4. The van der Waals surface area contributed by atoms with Crippen LogP contribution in [0.5, 0.6) is 0 Å². The molecular formula is C14H18BrNO4S. The molecule has 0 amide bonds. The first kappa shape index (κ1) is 16.5. The van der Waals surface area contributed by atoms with Crippen molar-refractivity contribution in [3.05, 3.63) is 28.7 Å². The van der Waals surface area contributed by atoms with Gasteiger partial charge in [0.15, 0.2) is 0 Å². The summed E-state index contributed by atoms with van der Waals surface area (Å²) >= 11 is 3.28. The molecule has 0 N–H and O–H groups in total. The minimum absolute atomic E-state index is 0.192. The molecule has 0 aromatic heterocycles. The smallest absolute Gasteiger partial charge is 0.310 e. The Morgan fingerprint density at radius 2 is 2.05 bits per heavy atom. The molecule has 1 aliphatic heterocycles. The van der Waals surface area contributed by atoms with Crippen LogP contribution in [0.2, 0.25) is 0 Å². The minimum atomic E-state index is -3.56. The highest BCUT2D eigenvalue weighted by atomic mass is 79.9. The highest BCUT2D eigenvalue weighted by Crippen LogP contribution is 2.25. The Kier molecular flexibility index (Phi) is 5.40. The second kappa shape index (κ2) is 6.89. The van der Waals surface area contributed by atoms with Crippen LogP contribution in [0.4, 0.5) is 0 Å². The lowest BCUT2D eigenvalue weighted by molar-refractivity contribution is -0.149. The Labute approximate surface area is 133 Å². The number of carbonyl (C=O) groups is 1. The van der Waals surface area contributed by atoms with Gasteiger partial charge in [0.1, 0.15) is 0 Å². The number of esters is 1. The highest BCUT2D eigenvalue weighted by Gasteiger charge is 2.33. The summed E-state index contributed by atoms with van der Waals surface area (Å²) in [4.78, 5) is 12.0. The second-order valence-electron chi connectivity index (χ2n) is 4.91. The summed E-state index contributed by atoms with van der Waals surface area (Å²) < 4.78 is 32.4. The van der Waals surface area contributed by atoms with Crippen LogP contribution in [0.3, 0.4) is 0 Å². The van der Waals surface area contributed by atoms with E-state index in [-0.39, 0.29) is 23.3 Å². The van der Waals surface area contributed by atoms with Gasteiger partial charge in [-0.05, 0) is 44.0 Å². The number of ether oxygens (including phenoxy) is 1. The molecule has 1 heterocycles. The molecule has 7 heteroatoms. The molecule has 2 rings (SSSR count). The van der Waals surface area contributed by atoms with Crippen LogP contribution in [0.15, 0.2) is 33.6 Å². The maximum atomic E-state index is 12.6. The van der Waals surface area contributed by atoms with E-state index < -0.39 is 10.0 Å². The van der Waals surface area contributed by atoms with Gasteiger partial charge in [-0.2, -0.15) is 4.31 Å². The fourth-order valence-electron chi connectivity index (χ4n) is 2.37. The number of piperidine rings is 1. The standard InChI is InChI=1S/C14H18BrNO4S/c1-2-20-14(17)11-4-3-9-16(10-11)21(18,19)13-7-5-12(15)6-8-13/h5-8,11H,2-4,9-10H2,1H3/t11-/m1/s1. The topological polar surface area (TPSA) is 63.7 Å². The maximum absolute atomic E-state index is 12.6. The molecule has 0 spiro atoms. The first-order valence-corrected chi connectivity index (χ1v) is 9.11. The van der Waals surface area contributed by atoms with E-state index in [0.717, 1.165) is 4.47 Å². The molecule has 116 valence electrons. The van der Waals surface area contributed by atoms with E-state index in [2.05, 4.69) is 15.9 Å². The molecule has 21 heavy (non-hydrogen) atoms. The Hall–Kier alpha value is -0.920. The third-order valence-corrected chi connectivity index (χ3v) is 5.86. The van der Waals surface area contributed by atoms with Gasteiger partial charge in [0.2, 0.25) is 10.0 Å². The Morgan fingerprint density at radius 3 is 2.67 bits per heavy atom. The normalized spacial score (nSPS) is 20.2. The van der Waals surface area contributed by atoms with Crippen molar-refractivity contribution in [3.63, 3.8) is 0 Å². The number of carbonyl (C=O) groups excluding carboxylic acids is 1. The predicted octanol–water partition coefficient (Wildman–Crippen LogP) is 2.41. The van der Waals surface area contributed by atoms with Crippen LogP contribution in [0.1, 0.15) is 19.8 Å². The lowest BCUT2D eigenvalue weighted by atomic mass is 10.0. The summed E-state index contributed by atoms with van der Waals surface area (Å²) in [5.74, 6) is -0.683. The van der Waals surface area contributed by atoms with Crippen LogP contribution in [-0.2, 0) is 19.6 Å². The van der Waals surface area contributed by atoms with Crippen LogP contribution in [-0.4, -0.2) is 38.4 Å². The van der Waals surface area contributed by atoms with Crippen molar-refractivity contribution in [2.45, 2.75) is 24.7 Å². The van der Waals surface area contributed by atoms with Crippen molar-refractivity contribution in [1.82, 2.24) is 4.31 Å². The van der Waals surface area contributed by atoms with E-state index in [1.165, 1.54) is 4.31 Å². The summed E-state index contributed by atoms with van der Waals surface area (Å²) in [6, 6.07) is 6.51. The predicted molar refractivity (Wildman–Crippen MR) is 82.3 cm³/mol. The quantitative estimate of drug-likeness (QED) is 0.758. The number of rotatable bonds is 4. The largest absolute Gasteiger partial charge is 0.466 e. The monoisotopic (exact) mass is 375 g/mol. The average Bonchev–Trinajstić information content (AvgIpc) is 2.48. The van der Waals surface area contributed by atoms with Crippen molar-refractivity contribution in [1.29, 1.82) is 0 Å². The molecule has 1 saturated heterocycles. The van der Waals surface area contributed by atoms with Crippen LogP contribution in [0.25, 0.3) is 0 Å². The molecule has 1 fully saturated rings. The summed E-state index contributed by atoms with van der Waals surface area (Å²) in [6.07, 6.45) is 1.34. The number of sulfonamides is 1. The average molecular weight is 376 g/mol. The van der Waals surface area contributed by atoms with Crippen molar-refractivity contribution >= 4 is 31.9 Å². The molecule has 1 atom stereocenters. The number of benzene rings is 1. The minimum Gasteiger partial charge on any atom is -0.466 e. The summed E-state index contributed by atoms with van der Waals surface area (Å²) in [5.41, 5.74) is 0. The molecule has 1 aliphatic rings. The molecule has 1 aromatic carbocycles. The van der Waals surface area contributed by atoms with Crippen LogP contribution >= 0.6 is 15.9 Å². The maximum Gasteiger partial charge on any atom is 0.310 e. The zero-order valence-electron chi connectivity index (χ0n) is 11.8. The number of hydrogen-bond donors (Lipinski definition) is 0. The lowest BCUT2D eigenvalue weighted by Crippen LogP contribution is -2.42. The Bertz CT molecular complexity index is 600. The van der Waals surface area contributed by atoms with Gasteiger partial charge in [0, 0.05) is 17.6 Å². The molecule has 0 saturated carbocycles. The summed E-state index contributed by atoms with van der Waals surface area (Å²) in [5, 5.41) is 0. The van der Waals surface area contributed by atoms with Gasteiger partial charge in [-0.1, -0.05) is 15.9 Å². The van der Waals surface area contributed by atoms with E-state index in [0.29, 0.717) is 26.0 Å². The summed E-state index contributed by atoms with van der Waals surface area (Å²) in [7, 11) is -3.56. The summed E-state index contributed by atoms with van der Waals surface area (Å²) in [6.45, 7) is 2.69. The first-order chi connectivity index (χ1) is 9.95. The third-order valence-electron chi connectivity index (χ3n) is 3.46. The Balaban J connectivity index is 2.16. The Morgan fingerprint density at radius 1 is 1.38 bits per heavy atom. The van der Waals surface area contributed by atoms with Crippen molar-refractivity contribution < 1.29 is 17.9 Å². The number of halogens is 1. The third kappa shape index (κ3) is 3.84. The molecule has 0 radical (unpaired) electrons. The van der Waals surface area contributed by atoms with Crippen molar-refractivity contribution in [2.75, 3.05) is 19.7 Å². The van der Waals surface area contributed by atoms with Crippen LogP contribution in [0, 0.1) is 5.92 Å². The van der Waals surface area contributed by atoms with E-state index in [4.69, 9.17) is 4.74 Å². The van der Waals surface area contributed by atoms with Gasteiger partial charge >= 0.3 is 5.97 Å². The molecule has 5 nitrogen and oxygen atoms in total. The zero-order valence-corrected chi connectivity index (χ0v) is 14.2. The SMILES string of the molecule is CCOC(=O)[C@@H]1CCCN(S(=O)(=O)c2ccc(Br)cc2)C1. The molecule has 1 aromatic rings. The van der Waals surface area contributed by atoms with Crippen molar-refractivity contribution in [2.24, 2.45) is 5.92 Å². The van der Waals surface area contributed by atoms with E-state index >= 15 is 0 Å². The van der Waals surface area contributed by atoms with Gasteiger partial charge in [-0.3, -0.25) is 4.79 Å². The van der Waals surface area contributed by atoms with Gasteiger partial charge < -0.3 is 4.74 Å². The lowest BCUT2D eigenvalue weighted by Gasteiger charge is -2.30. The van der Waals surface area contributed by atoms with Crippen molar-refractivity contribution in [3.8, 4) is 0 Å². The van der Waals surface area contributed by atoms with E-state index in [9.17, 15) is 13.2 Å². The molecule has 0 aliphatic carbocycles. The van der Waals surface area contributed by atoms with Gasteiger partial charge in [0.25, 0.3) is 0 Å². The zero-order chi connectivity index (χ0) is 15.5. The fourth-order valence-corrected chi connectivity index (χ4v) is 4.16. The first-order valence-electron chi connectivity index (χ1n) is 6.87.